The molecule has 1 N–H and O–H groups in total. The van der Waals surface area contributed by atoms with Gasteiger partial charge in [-0.2, -0.15) is 0 Å². The van der Waals surface area contributed by atoms with Crippen molar-refractivity contribution in [3.8, 4) is 11.5 Å². The molecule has 0 saturated heterocycles. The largest absolute Gasteiger partial charge is 0.490 e. The molecule has 1 aliphatic heterocycles. The van der Waals surface area contributed by atoms with Gasteiger partial charge in [0, 0.05) is 12.2 Å². The number of halogens is 1. The second kappa shape index (κ2) is 8.34. The van der Waals surface area contributed by atoms with Crippen molar-refractivity contribution in [3.05, 3.63) is 60.9 Å². The molecule has 1 heterocycles. The van der Waals surface area contributed by atoms with E-state index in [1.165, 1.54) is 18.2 Å². The van der Waals surface area contributed by atoms with Gasteiger partial charge in [0.2, 0.25) is 5.91 Å². The highest BCUT2D eigenvalue weighted by molar-refractivity contribution is 6.01. The average molecular weight is 398 g/mol. The van der Waals surface area contributed by atoms with Crippen molar-refractivity contribution < 1.29 is 23.5 Å². The summed E-state index contributed by atoms with van der Waals surface area (Å²) in [7, 11) is 0. The van der Waals surface area contributed by atoms with Crippen LogP contribution in [0.3, 0.4) is 0 Å². The maximum absolute atomic E-state index is 13.6. The SMILES string of the molecule is C=CCN1C(=O)C(C)(C)COc2ccc(NC(=O)COc3ccccc3F)cc21. The summed E-state index contributed by atoms with van der Waals surface area (Å²) >= 11 is 0. The quantitative estimate of drug-likeness (QED) is 0.752. The van der Waals surface area contributed by atoms with Crippen LogP contribution in [-0.2, 0) is 9.59 Å². The third kappa shape index (κ3) is 4.56. The monoisotopic (exact) mass is 398 g/mol. The van der Waals surface area contributed by atoms with E-state index < -0.39 is 17.1 Å². The number of anilines is 2. The van der Waals surface area contributed by atoms with Gasteiger partial charge in [0.15, 0.2) is 18.2 Å². The third-order valence-corrected chi connectivity index (χ3v) is 4.45. The number of rotatable bonds is 6. The smallest absolute Gasteiger partial charge is 0.262 e. The summed E-state index contributed by atoms with van der Waals surface area (Å²) in [6, 6.07) is 10.9. The minimum atomic E-state index is -0.695. The van der Waals surface area contributed by atoms with Crippen molar-refractivity contribution in [3.63, 3.8) is 0 Å². The van der Waals surface area contributed by atoms with Crippen molar-refractivity contribution in [2.45, 2.75) is 13.8 Å². The van der Waals surface area contributed by atoms with Crippen LogP contribution in [0.25, 0.3) is 0 Å². The Labute approximate surface area is 168 Å². The Hall–Kier alpha value is -3.35. The summed E-state index contributed by atoms with van der Waals surface area (Å²) in [5.41, 5.74) is 0.323. The van der Waals surface area contributed by atoms with Crippen LogP contribution in [0.15, 0.2) is 55.1 Å². The van der Waals surface area contributed by atoms with Crippen molar-refractivity contribution in [1.29, 1.82) is 0 Å². The van der Waals surface area contributed by atoms with Crippen LogP contribution < -0.4 is 19.7 Å². The van der Waals surface area contributed by atoms with Crippen LogP contribution in [0.5, 0.6) is 11.5 Å². The summed E-state index contributed by atoms with van der Waals surface area (Å²) in [6.45, 7) is 7.57. The fraction of sp³-hybridized carbons (Fsp3) is 0.273. The minimum absolute atomic E-state index is 0.00275. The van der Waals surface area contributed by atoms with Gasteiger partial charge in [0.25, 0.3) is 5.91 Å². The molecule has 1 aliphatic rings. The summed E-state index contributed by atoms with van der Waals surface area (Å²) in [4.78, 5) is 26.7. The highest BCUT2D eigenvalue weighted by Gasteiger charge is 2.37. The zero-order valence-electron chi connectivity index (χ0n) is 16.4. The third-order valence-electron chi connectivity index (χ3n) is 4.45. The fourth-order valence-electron chi connectivity index (χ4n) is 2.94. The molecule has 29 heavy (non-hydrogen) atoms. The molecular weight excluding hydrogens is 375 g/mol. The lowest BCUT2D eigenvalue weighted by Crippen LogP contribution is -2.42. The molecule has 0 radical (unpaired) electrons. The predicted molar refractivity (Wildman–Crippen MR) is 109 cm³/mol. The van der Waals surface area contributed by atoms with E-state index >= 15 is 0 Å². The minimum Gasteiger partial charge on any atom is -0.490 e. The molecule has 0 unspecified atom stereocenters. The number of fused-ring (bicyclic) bond motifs is 1. The van der Waals surface area contributed by atoms with Gasteiger partial charge >= 0.3 is 0 Å². The molecule has 152 valence electrons. The van der Waals surface area contributed by atoms with E-state index in [0.29, 0.717) is 23.7 Å². The van der Waals surface area contributed by atoms with Gasteiger partial charge in [-0.1, -0.05) is 18.2 Å². The van der Waals surface area contributed by atoms with Crippen LogP contribution in [0.1, 0.15) is 13.8 Å². The van der Waals surface area contributed by atoms with Gasteiger partial charge in [0.05, 0.1) is 11.1 Å². The van der Waals surface area contributed by atoms with Crippen molar-refractivity contribution in [1.82, 2.24) is 0 Å². The Balaban J connectivity index is 1.76. The molecule has 6 nitrogen and oxygen atoms in total. The van der Waals surface area contributed by atoms with Crippen LogP contribution in [-0.4, -0.2) is 31.6 Å². The number of ether oxygens (including phenoxy) is 2. The zero-order valence-corrected chi connectivity index (χ0v) is 16.4. The van der Waals surface area contributed by atoms with E-state index in [-0.39, 0.29) is 24.9 Å². The van der Waals surface area contributed by atoms with Gasteiger partial charge in [-0.05, 0) is 44.2 Å². The van der Waals surface area contributed by atoms with Crippen LogP contribution in [0, 0.1) is 11.2 Å². The van der Waals surface area contributed by atoms with Crippen molar-refractivity contribution >= 4 is 23.2 Å². The lowest BCUT2D eigenvalue weighted by atomic mass is 9.93. The van der Waals surface area contributed by atoms with Crippen LogP contribution in [0.4, 0.5) is 15.8 Å². The fourth-order valence-corrected chi connectivity index (χ4v) is 2.94. The van der Waals surface area contributed by atoms with Gasteiger partial charge < -0.3 is 19.7 Å². The molecule has 0 atom stereocenters. The Kier molecular flexibility index (Phi) is 5.87. The molecule has 0 spiro atoms. The van der Waals surface area contributed by atoms with E-state index in [1.807, 2.05) is 13.8 Å². The number of carbonyl (C=O) groups is 2. The number of hydrogen-bond acceptors (Lipinski definition) is 4. The maximum atomic E-state index is 13.6. The molecule has 0 saturated carbocycles. The molecule has 0 aliphatic carbocycles. The second-order valence-corrected chi connectivity index (χ2v) is 7.33. The summed E-state index contributed by atoms with van der Waals surface area (Å²) < 4.78 is 24.6. The number of amides is 2. The van der Waals surface area contributed by atoms with Crippen molar-refractivity contribution in [2.24, 2.45) is 5.41 Å². The molecule has 0 fully saturated rings. The number of hydrogen-bond donors (Lipinski definition) is 1. The number of nitrogens with zero attached hydrogens (tertiary/aromatic N) is 1. The van der Waals surface area contributed by atoms with Gasteiger partial charge in [-0.3, -0.25) is 9.59 Å². The Morgan fingerprint density at radius 1 is 1.34 bits per heavy atom. The predicted octanol–water partition coefficient (Wildman–Crippen LogP) is 3.78. The van der Waals surface area contributed by atoms with E-state index in [2.05, 4.69) is 11.9 Å². The van der Waals surface area contributed by atoms with Crippen LogP contribution in [0.2, 0.25) is 0 Å². The van der Waals surface area contributed by atoms with E-state index in [1.54, 1.807) is 35.2 Å². The highest BCUT2D eigenvalue weighted by atomic mass is 19.1. The molecule has 0 aromatic heterocycles. The molecule has 0 bridgehead atoms. The van der Waals surface area contributed by atoms with E-state index in [4.69, 9.17) is 9.47 Å². The molecule has 2 aromatic rings. The highest BCUT2D eigenvalue weighted by Crippen LogP contribution is 2.38. The summed E-state index contributed by atoms with van der Waals surface area (Å²) in [5.74, 6) is -0.537. The lowest BCUT2D eigenvalue weighted by molar-refractivity contribution is -0.127. The molecule has 3 rings (SSSR count). The first kappa shape index (κ1) is 20.4. The number of carbonyl (C=O) groups excluding carboxylic acids is 2. The Morgan fingerprint density at radius 3 is 2.83 bits per heavy atom. The van der Waals surface area contributed by atoms with E-state index in [9.17, 15) is 14.0 Å². The van der Waals surface area contributed by atoms with Gasteiger partial charge in [0.1, 0.15) is 12.4 Å². The summed E-state index contributed by atoms with van der Waals surface area (Å²) in [6.07, 6.45) is 1.64. The first-order valence-electron chi connectivity index (χ1n) is 9.19. The van der Waals surface area contributed by atoms with Gasteiger partial charge in [-0.15, -0.1) is 6.58 Å². The second-order valence-electron chi connectivity index (χ2n) is 7.33. The first-order chi connectivity index (χ1) is 13.8. The number of nitrogens with one attached hydrogen (secondary N) is 1. The Bertz CT molecular complexity index is 942. The topological polar surface area (TPSA) is 67.9 Å². The first-order valence-corrected chi connectivity index (χ1v) is 9.19. The summed E-state index contributed by atoms with van der Waals surface area (Å²) in [5, 5.41) is 2.69. The van der Waals surface area contributed by atoms with Gasteiger partial charge in [-0.25, -0.2) is 4.39 Å². The Morgan fingerprint density at radius 2 is 2.10 bits per heavy atom. The molecule has 2 aromatic carbocycles. The molecule has 2 amide bonds. The lowest BCUT2D eigenvalue weighted by Gasteiger charge is -2.27. The normalized spacial score (nSPS) is 15.0. The van der Waals surface area contributed by atoms with Crippen LogP contribution >= 0.6 is 0 Å². The molecular formula is C22H23FN2O4. The maximum Gasteiger partial charge on any atom is 0.262 e. The van der Waals surface area contributed by atoms with Crippen molar-refractivity contribution in [2.75, 3.05) is 30.0 Å². The van der Waals surface area contributed by atoms with E-state index in [0.717, 1.165) is 0 Å². The number of para-hydroxylation sites is 1. The number of benzene rings is 2. The molecule has 7 heteroatoms. The standard InChI is InChI=1S/C22H23FN2O4/c1-4-11-25-17-12-15(9-10-19(17)29-14-22(2,3)21(25)27)24-20(26)13-28-18-8-6-5-7-16(18)23/h4-10,12H,1,11,13-14H2,2-3H3,(H,24,26). The average Bonchev–Trinajstić information content (AvgIpc) is 2.78. The zero-order chi connectivity index (χ0) is 21.0.